The molecule has 0 saturated carbocycles. The molecule has 3 heterocycles. The fourth-order valence-corrected chi connectivity index (χ4v) is 5.04. The molecule has 0 spiro atoms. The van der Waals surface area contributed by atoms with Crippen LogP contribution in [0.2, 0.25) is 5.02 Å². The molecule has 0 saturated heterocycles. The highest BCUT2D eigenvalue weighted by molar-refractivity contribution is 7.91. The van der Waals surface area contributed by atoms with Crippen LogP contribution in [0.1, 0.15) is 24.7 Å². The third-order valence-corrected chi connectivity index (χ3v) is 7.54. The van der Waals surface area contributed by atoms with Crippen molar-refractivity contribution in [3.63, 3.8) is 0 Å². The number of halogens is 3. The van der Waals surface area contributed by atoms with Crippen molar-refractivity contribution in [3.8, 4) is 17.2 Å². The van der Waals surface area contributed by atoms with Crippen LogP contribution in [0.5, 0.6) is 0 Å². The van der Waals surface area contributed by atoms with Gasteiger partial charge in [0.15, 0.2) is 27.3 Å². The Morgan fingerprint density at radius 3 is 2.34 bits per heavy atom. The van der Waals surface area contributed by atoms with E-state index in [9.17, 15) is 17.2 Å². The molecular formula is C21H20ClF2N7O3S. The van der Waals surface area contributed by atoms with Crippen molar-refractivity contribution in [2.24, 2.45) is 7.05 Å². The summed E-state index contributed by atoms with van der Waals surface area (Å²) in [6.45, 7) is 1.42. The van der Waals surface area contributed by atoms with Crippen molar-refractivity contribution in [3.05, 3.63) is 71.2 Å². The molecule has 10 nitrogen and oxygen atoms in total. The lowest BCUT2D eigenvalue weighted by Gasteiger charge is -2.21. The summed E-state index contributed by atoms with van der Waals surface area (Å²) in [6, 6.07) is 4.88. The van der Waals surface area contributed by atoms with Crippen molar-refractivity contribution in [1.29, 1.82) is 0 Å². The molecule has 0 aliphatic heterocycles. The van der Waals surface area contributed by atoms with Gasteiger partial charge in [-0.3, -0.25) is 9.25 Å². The summed E-state index contributed by atoms with van der Waals surface area (Å²) < 4.78 is 64.2. The average Bonchev–Trinajstić information content (AvgIpc) is 3.41. The number of rotatable bonds is 8. The number of benzene rings is 1. The number of para-hydroxylation sites is 1. The van der Waals surface area contributed by atoms with E-state index in [1.54, 1.807) is 19.3 Å². The molecule has 0 N–H and O–H groups in total. The van der Waals surface area contributed by atoms with Crippen LogP contribution in [0.15, 0.2) is 42.9 Å². The van der Waals surface area contributed by atoms with Crippen molar-refractivity contribution < 1.29 is 21.9 Å². The van der Waals surface area contributed by atoms with Crippen molar-refractivity contribution in [2.45, 2.75) is 24.0 Å². The van der Waals surface area contributed by atoms with Gasteiger partial charge >= 0.3 is 0 Å². The van der Waals surface area contributed by atoms with Gasteiger partial charge < -0.3 is 4.74 Å². The summed E-state index contributed by atoms with van der Waals surface area (Å²) in [5.41, 5.74) is -0.260. The molecule has 14 heteroatoms. The molecule has 184 valence electrons. The molecule has 0 aliphatic rings. The zero-order chi connectivity index (χ0) is 25.3. The third kappa shape index (κ3) is 4.92. The highest BCUT2D eigenvalue weighted by atomic mass is 35.5. The molecule has 2 atom stereocenters. The Bertz CT molecular complexity index is 1440. The lowest BCUT2D eigenvalue weighted by atomic mass is 10.2. The molecule has 0 unspecified atom stereocenters. The number of hydrogen-bond donors (Lipinski definition) is 0. The summed E-state index contributed by atoms with van der Waals surface area (Å²) in [4.78, 5) is 8.10. The number of nitrogens with zero attached hydrogens (tertiary/aromatic N) is 7. The first-order valence-corrected chi connectivity index (χ1v) is 12.3. The standard InChI is InChI=1S/C21H20ClF2N7O3S/c1-12(19(34-3)20-25-9-13(22)10-26-20)35(32,33)11-17-27-28-21(16-7-8-30(2)29-16)31(17)18-14(23)5-4-6-15(18)24/h4-10,12,19H,11H2,1-3H3/t12-,19-/m0/s1. The molecule has 0 bridgehead atoms. The van der Waals surface area contributed by atoms with Gasteiger partial charge in [0.05, 0.1) is 10.3 Å². The molecule has 0 radical (unpaired) electrons. The molecule has 4 rings (SSSR count). The average molecular weight is 524 g/mol. The second kappa shape index (κ2) is 9.76. The fourth-order valence-electron chi connectivity index (χ4n) is 3.52. The normalized spacial score (nSPS) is 13.7. The predicted octanol–water partition coefficient (Wildman–Crippen LogP) is 3.08. The molecule has 0 aliphatic carbocycles. The van der Waals surface area contributed by atoms with E-state index in [1.165, 1.54) is 37.2 Å². The number of methoxy groups -OCH3 is 1. The van der Waals surface area contributed by atoms with Crippen LogP contribution in [-0.4, -0.2) is 55.3 Å². The molecule has 35 heavy (non-hydrogen) atoms. The maximum Gasteiger partial charge on any atom is 0.189 e. The zero-order valence-electron chi connectivity index (χ0n) is 18.8. The number of hydrogen-bond acceptors (Lipinski definition) is 8. The van der Waals surface area contributed by atoms with E-state index in [-0.39, 0.29) is 28.2 Å². The third-order valence-electron chi connectivity index (χ3n) is 5.31. The quantitative estimate of drug-likeness (QED) is 0.346. The van der Waals surface area contributed by atoms with Gasteiger partial charge in [-0.2, -0.15) is 5.10 Å². The first-order chi connectivity index (χ1) is 16.6. The maximum absolute atomic E-state index is 14.8. The number of ether oxygens (including phenoxy) is 1. The first-order valence-electron chi connectivity index (χ1n) is 10.2. The van der Waals surface area contributed by atoms with Gasteiger partial charge in [-0.05, 0) is 25.1 Å². The van der Waals surface area contributed by atoms with Gasteiger partial charge in [0.1, 0.15) is 34.9 Å². The molecular weight excluding hydrogens is 504 g/mol. The van der Waals surface area contributed by atoms with E-state index in [0.29, 0.717) is 0 Å². The van der Waals surface area contributed by atoms with Crippen molar-refractivity contribution >= 4 is 21.4 Å². The SMILES string of the molecule is CO[C@H](c1ncc(Cl)cn1)[C@H](C)S(=O)(=O)Cc1nnc(-c2ccn(C)n2)n1-c1c(F)cccc1F. The Balaban J connectivity index is 1.78. The van der Waals surface area contributed by atoms with Crippen LogP contribution in [0, 0.1) is 11.6 Å². The summed E-state index contributed by atoms with van der Waals surface area (Å²) in [5, 5.41) is 11.3. The van der Waals surface area contributed by atoms with Crippen LogP contribution in [0.3, 0.4) is 0 Å². The van der Waals surface area contributed by atoms with Gasteiger partial charge in [-0.25, -0.2) is 27.2 Å². The Labute approximate surface area is 204 Å². The second-order valence-corrected chi connectivity index (χ2v) is 10.4. The first kappa shape index (κ1) is 24.8. The smallest absolute Gasteiger partial charge is 0.189 e. The monoisotopic (exact) mass is 523 g/mol. The molecule has 0 amide bonds. The van der Waals surface area contributed by atoms with E-state index in [2.05, 4.69) is 25.3 Å². The van der Waals surface area contributed by atoms with Crippen LogP contribution < -0.4 is 0 Å². The van der Waals surface area contributed by atoms with Crippen molar-refractivity contribution in [1.82, 2.24) is 34.5 Å². The highest BCUT2D eigenvalue weighted by Gasteiger charge is 2.35. The lowest BCUT2D eigenvalue weighted by Crippen LogP contribution is -2.30. The van der Waals surface area contributed by atoms with E-state index in [4.69, 9.17) is 16.3 Å². The van der Waals surface area contributed by atoms with Crippen LogP contribution in [0.25, 0.3) is 17.2 Å². The Morgan fingerprint density at radius 1 is 1.11 bits per heavy atom. The minimum atomic E-state index is -4.03. The Morgan fingerprint density at radius 2 is 1.77 bits per heavy atom. The fraction of sp³-hybridized carbons (Fsp3) is 0.286. The lowest BCUT2D eigenvalue weighted by molar-refractivity contribution is 0.0948. The minimum Gasteiger partial charge on any atom is -0.372 e. The van der Waals surface area contributed by atoms with E-state index in [0.717, 1.165) is 16.7 Å². The molecule has 0 fully saturated rings. The predicted molar refractivity (Wildman–Crippen MR) is 122 cm³/mol. The summed E-state index contributed by atoms with van der Waals surface area (Å²) in [5.74, 6) is -2.64. The van der Waals surface area contributed by atoms with Gasteiger partial charge in [-0.15, -0.1) is 10.2 Å². The van der Waals surface area contributed by atoms with Gasteiger partial charge in [-0.1, -0.05) is 17.7 Å². The zero-order valence-corrected chi connectivity index (χ0v) is 20.4. The molecule has 1 aromatic carbocycles. The van der Waals surface area contributed by atoms with Gasteiger partial charge in [0.25, 0.3) is 0 Å². The van der Waals surface area contributed by atoms with Crippen LogP contribution >= 0.6 is 11.6 Å². The van der Waals surface area contributed by atoms with E-state index >= 15 is 0 Å². The topological polar surface area (TPSA) is 118 Å². The minimum absolute atomic E-state index is 0.0169. The maximum atomic E-state index is 14.8. The van der Waals surface area contributed by atoms with E-state index < -0.39 is 44.3 Å². The summed E-state index contributed by atoms with van der Waals surface area (Å²) >= 11 is 5.82. The van der Waals surface area contributed by atoms with Gasteiger partial charge in [0.2, 0.25) is 0 Å². The number of aromatic nitrogens is 7. The highest BCUT2D eigenvalue weighted by Crippen LogP contribution is 2.29. The number of aryl methyl sites for hydroxylation is 1. The number of sulfone groups is 1. The summed E-state index contributed by atoms with van der Waals surface area (Å²) in [7, 11) is -1.05. The summed E-state index contributed by atoms with van der Waals surface area (Å²) in [6.07, 6.45) is 3.23. The van der Waals surface area contributed by atoms with Crippen LogP contribution in [-0.2, 0) is 27.4 Å². The largest absolute Gasteiger partial charge is 0.372 e. The second-order valence-electron chi connectivity index (χ2n) is 7.65. The van der Waals surface area contributed by atoms with Gasteiger partial charge in [0, 0.05) is 32.7 Å². The Hall–Kier alpha value is -3.29. The van der Waals surface area contributed by atoms with E-state index in [1.807, 2.05) is 0 Å². The molecule has 4 aromatic rings. The molecule has 3 aromatic heterocycles. The van der Waals surface area contributed by atoms with Crippen LogP contribution in [0.4, 0.5) is 8.78 Å². The van der Waals surface area contributed by atoms with Crippen molar-refractivity contribution in [2.75, 3.05) is 7.11 Å². The Kier molecular flexibility index (Phi) is 6.92.